The zero-order valence-electron chi connectivity index (χ0n) is 37.5. The van der Waals surface area contributed by atoms with Gasteiger partial charge in [-0.15, -0.1) is 0 Å². The van der Waals surface area contributed by atoms with E-state index in [-0.39, 0.29) is 94.0 Å². The molecule has 0 bridgehead atoms. The molecule has 64 heavy (non-hydrogen) atoms. The van der Waals surface area contributed by atoms with Crippen LogP contribution in [0.15, 0.2) is 0 Å². The van der Waals surface area contributed by atoms with E-state index in [2.05, 4.69) is 31.9 Å². The van der Waals surface area contributed by atoms with Gasteiger partial charge in [-0.05, 0) is 64.7 Å². The number of aliphatic hydroxyl groups excluding tert-OH is 6. The summed E-state index contributed by atoms with van der Waals surface area (Å²) in [5.41, 5.74) is 0. The third-order valence-corrected chi connectivity index (χ3v) is 10.8. The van der Waals surface area contributed by atoms with Gasteiger partial charge in [0.2, 0.25) is 35.4 Å². The average molecular weight is 921 g/mol. The molecule has 0 saturated carbocycles. The van der Waals surface area contributed by atoms with Crippen LogP contribution in [0, 0.1) is 0 Å². The lowest BCUT2D eigenvalue weighted by molar-refractivity contribution is -0.292. The normalized spacial score (nSPS) is 24.8. The van der Waals surface area contributed by atoms with Gasteiger partial charge in [-0.25, -0.2) is 0 Å². The molecule has 0 aliphatic carbocycles. The molecule has 2 aliphatic rings. The fourth-order valence-electron chi connectivity index (χ4n) is 6.85. The lowest BCUT2D eigenvalue weighted by atomic mass is 10.0. The fourth-order valence-corrected chi connectivity index (χ4v) is 6.85. The van der Waals surface area contributed by atoms with Crippen molar-refractivity contribution in [3.05, 3.63) is 0 Å². The SMILES string of the molecule is CNC(=O)CCCCCCC(=O)N[C@@H](CCCCNC(=O)CCCCC(=O)NCCO[C@@H]1O[C@@H](C)[C@@H](O)[C@@H](O)[C@@H]1O)C(=O)NCCCCCC(=O)NCCO[C@@H]1OC[C@@H](O)[C@@H](O)[C@@H]1O. The minimum atomic E-state index is -1.43. The number of unbranched alkanes of at least 4 members (excludes halogenated alkanes) is 7. The third-order valence-electron chi connectivity index (χ3n) is 10.8. The Bertz CT molecular complexity index is 1380. The van der Waals surface area contributed by atoms with Crippen LogP contribution in [0.1, 0.15) is 116 Å². The number of carbonyl (C=O) groups is 6. The molecule has 370 valence electrons. The molecule has 12 N–H and O–H groups in total. The maximum Gasteiger partial charge on any atom is 0.242 e. The lowest BCUT2D eigenvalue weighted by Crippen LogP contribution is -2.57. The predicted molar refractivity (Wildman–Crippen MR) is 229 cm³/mol. The van der Waals surface area contributed by atoms with Crippen LogP contribution in [-0.2, 0) is 47.7 Å². The molecule has 22 heteroatoms. The highest BCUT2D eigenvalue weighted by molar-refractivity contribution is 5.87. The Hall–Kier alpha value is -3.58. The Morgan fingerprint density at radius 2 is 1.00 bits per heavy atom. The van der Waals surface area contributed by atoms with Crippen molar-refractivity contribution in [3.63, 3.8) is 0 Å². The van der Waals surface area contributed by atoms with E-state index in [4.69, 9.17) is 18.9 Å². The highest BCUT2D eigenvalue weighted by Crippen LogP contribution is 2.21. The van der Waals surface area contributed by atoms with Crippen molar-refractivity contribution >= 4 is 35.4 Å². The maximum absolute atomic E-state index is 13.2. The number of aliphatic hydroxyl groups is 6. The van der Waals surface area contributed by atoms with Gasteiger partial charge < -0.3 is 81.5 Å². The molecular weight excluding hydrogens is 844 g/mol. The lowest BCUT2D eigenvalue weighted by Gasteiger charge is -2.38. The van der Waals surface area contributed by atoms with Crippen LogP contribution in [0.3, 0.4) is 0 Å². The number of nitrogens with one attached hydrogen (secondary N) is 6. The van der Waals surface area contributed by atoms with Gasteiger partial charge in [-0.1, -0.05) is 19.3 Å². The van der Waals surface area contributed by atoms with E-state index >= 15 is 0 Å². The van der Waals surface area contributed by atoms with E-state index in [1.165, 1.54) is 0 Å². The molecule has 2 rings (SSSR count). The van der Waals surface area contributed by atoms with E-state index < -0.39 is 61.3 Å². The van der Waals surface area contributed by atoms with Crippen molar-refractivity contribution in [2.75, 3.05) is 53.0 Å². The Morgan fingerprint density at radius 1 is 0.531 bits per heavy atom. The number of carbonyl (C=O) groups excluding carboxylic acids is 6. The summed E-state index contributed by atoms with van der Waals surface area (Å²) in [5.74, 6) is -1.19. The van der Waals surface area contributed by atoms with E-state index in [1.54, 1.807) is 14.0 Å². The Labute approximate surface area is 375 Å². The Kier molecular flexibility index (Phi) is 29.1. The minimum absolute atomic E-state index is 0.0173. The Balaban J connectivity index is 1.62. The van der Waals surface area contributed by atoms with Crippen molar-refractivity contribution < 1.29 is 78.4 Å². The van der Waals surface area contributed by atoms with Gasteiger partial charge >= 0.3 is 0 Å². The summed E-state index contributed by atoms with van der Waals surface area (Å²) in [5, 5.41) is 75.3. The van der Waals surface area contributed by atoms with Gasteiger partial charge in [-0.2, -0.15) is 0 Å². The molecule has 0 aromatic rings. The molecule has 0 aromatic heterocycles. The summed E-state index contributed by atoms with van der Waals surface area (Å²) < 4.78 is 21.3. The molecule has 0 aromatic carbocycles. The molecule has 0 radical (unpaired) electrons. The number of hydrogen-bond acceptors (Lipinski definition) is 16. The third kappa shape index (κ3) is 23.6. The zero-order valence-corrected chi connectivity index (χ0v) is 37.5. The zero-order chi connectivity index (χ0) is 47.3. The highest BCUT2D eigenvalue weighted by Gasteiger charge is 2.42. The molecule has 0 unspecified atom stereocenters. The van der Waals surface area contributed by atoms with Gasteiger partial charge in [0.15, 0.2) is 12.6 Å². The van der Waals surface area contributed by atoms with Gasteiger partial charge in [0.1, 0.15) is 42.7 Å². The maximum atomic E-state index is 13.2. The van der Waals surface area contributed by atoms with Crippen LogP contribution in [0.2, 0.25) is 0 Å². The van der Waals surface area contributed by atoms with Crippen LogP contribution >= 0.6 is 0 Å². The van der Waals surface area contributed by atoms with Gasteiger partial charge in [0.25, 0.3) is 0 Å². The topological polar surface area (TPSA) is 333 Å². The van der Waals surface area contributed by atoms with Crippen LogP contribution in [0.5, 0.6) is 0 Å². The minimum Gasteiger partial charge on any atom is -0.388 e. The van der Waals surface area contributed by atoms with Crippen LogP contribution < -0.4 is 31.9 Å². The summed E-state index contributed by atoms with van der Waals surface area (Å²) in [6.45, 7) is 2.43. The molecule has 22 nitrogen and oxygen atoms in total. The summed E-state index contributed by atoms with van der Waals surface area (Å²) in [7, 11) is 1.59. The van der Waals surface area contributed by atoms with Gasteiger partial charge in [0, 0.05) is 65.3 Å². The van der Waals surface area contributed by atoms with Crippen molar-refractivity contribution in [2.24, 2.45) is 0 Å². The molecule has 2 aliphatic heterocycles. The van der Waals surface area contributed by atoms with Crippen molar-refractivity contribution in [2.45, 2.75) is 177 Å². The largest absolute Gasteiger partial charge is 0.388 e. The van der Waals surface area contributed by atoms with Crippen molar-refractivity contribution in [3.8, 4) is 0 Å². The van der Waals surface area contributed by atoms with Crippen LogP contribution in [0.25, 0.3) is 0 Å². The molecule has 10 atom stereocenters. The predicted octanol–water partition coefficient (Wildman–Crippen LogP) is -2.39. The van der Waals surface area contributed by atoms with E-state index in [0.717, 1.165) is 19.3 Å². The molecule has 6 amide bonds. The van der Waals surface area contributed by atoms with Crippen molar-refractivity contribution in [1.82, 2.24) is 31.9 Å². The van der Waals surface area contributed by atoms with Crippen molar-refractivity contribution in [1.29, 1.82) is 0 Å². The molecule has 2 saturated heterocycles. The fraction of sp³-hybridized carbons (Fsp3) is 0.857. The molecule has 2 heterocycles. The first-order valence-electron chi connectivity index (χ1n) is 22.8. The smallest absolute Gasteiger partial charge is 0.242 e. The number of rotatable bonds is 33. The van der Waals surface area contributed by atoms with Gasteiger partial charge in [-0.3, -0.25) is 28.8 Å². The summed E-state index contributed by atoms with van der Waals surface area (Å²) in [4.78, 5) is 74.2. The number of amides is 6. The second-order valence-electron chi connectivity index (χ2n) is 16.2. The summed E-state index contributed by atoms with van der Waals surface area (Å²) in [6.07, 6.45) is -2.47. The molecule has 0 spiro atoms. The van der Waals surface area contributed by atoms with E-state index in [0.29, 0.717) is 77.3 Å². The number of ether oxygens (including phenoxy) is 4. The molecular formula is C42H76N6O16. The quantitative estimate of drug-likeness (QED) is 0.0306. The first kappa shape index (κ1) is 56.5. The molecule has 2 fully saturated rings. The average Bonchev–Trinajstić information content (AvgIpc) is 3.27. The first-order chi connectivity index (χ1) is 30.6. The van der Waals surface area contributed by atoms with Gasteiger partial charge in [0.05, 0.1) is 25.9 Å². The standard InChI is InChI=1S/C42H76N6O16/c1-27-35(55)37(57)39(59)42(64-27)62-25-23-46-33(53)18-10-9-17-31(51)44-20-13-11-14-28(48-34(54)19-7-4-3-6-15-30(50)43-2)40(60)47-21-12-5-8-16-32(52)45-22-24-61-41-38(58)36(56)29(49)26-63-41/h27-29,35-39,41-42,49,55-59H,3-26H2,1-2H3,(H,43,50)(H,44,51)(H,45,52)(H,46,53)(H,47,60)(H,48,54)/t27-,28-,29+,35+,36+,37+,38-,39-,41+,42+/m0/s1. The first-order valence-corrected chi connectivity index (χ1v) is 22.8. The van der Waals surface area contributed by atoms with E-state index in [9.17, 15) is 59.4 Å². The monoisotopic (exact) mass is 921 g/mol. The second kappa shape index (κ2) is 33.0. The highest BCUT2D eigenvalue weighted by atomic mass is 16.7. The summed E-state index contributed by atoms with van der Waals surface area (Å²) in [6, 6.07) is -0.770. The Morgan fingerprint density at radius 3 is 1.59 bits per heavy atom. The number of hydrogen-bond donors (Lipinski definition) is 12. The second-order valence-corrected chi connectivity index (χ2v) is 16.2. The van der Waals surface area contributed by atoms with Crippen LogP contribution in [-0.4, -0.2) is 180 Å². The van der Waals surface area contributed by atoms with E-state index in [1.807, 2.05) is 0 Å². The summed E-state index contributed by atoms with van der Waals surface area (Å²) >= 11 is 0. The van der Waals surface area contributed by atoms with Crippen LogP contribution in [0.4, 0.5) is 0 Å².